The van der Waals surface area contributed by atoms with Gasteiger partial charge in [0, 0.05) is 13.7 Å². The number of methoxy groups -OCH3 is 1. The fraction of sp³-hybridized carbons (Fsp3) is 1.00. The Morgan fingerprint density at radius 2 is 1.43 bits per heavy atom. The van der Waals surface area contributed by atoms with Crippen molar-refractivity contribution in [1.29, 1.82) is 0 Å². The van der Waals surface area contributed by atoms with Gasteiger partial charge >= 0.3 is 0 Å². The Hall–Kier alpha value is -0.240. The summed E-state index contributed by atoms with van der Waals surface area (Å²) in [6.45, 7) is 3.01. The van der Waals surface area contributed by atoms with E-state index in [0.717, 1.165) is 12.8 Å². The number of ether oxygens (including phenoxy) is 3. The van der Waals surface area contributed by atoms with Crippen LogP contribution in [0.4, 0.5) is 0 Å². The Bertz CT molecular complexity index is 286. The zero-order valence-electron chi connectivity index (χ0n) is 14.5. The molecule has 0 aromatic rings. The van der Waals surface area contributed by atoms with Crippen molar-refractivity contribution in [2.24, 2.45) is 0 Å². The summed E-state index contributed by atoms with van der Waals surface area (Å²) in [5.74, 6) is 0. The van der Waals surface area contributed by atoms with Crippen LogP contribution in [-0.4, -0.2) is 66.3 Å². The van der Waals surface area contributed by atoms with Gasteiger partial charge in [0.1, 0.15) is 24.4 Å². The first kappa shape index (κ1) is 20.8. The van der Waals surface area contributed by atoms with Crippen LogP contribution in [0.2, 0.25) is 0 Å². The van der Waals surface area contributed by atoms with Crippen LogP contribution in [0, 0.1) is 0 Å². The van der Waals surface area contributed by atoms with Crippen molar-refractivity contribution in [3.05, 3.63) is 0 Å². The van der Waals surface area contributed by atoms with E-state index in [4.69, 9.17) is 14.2 Å². The van der Waals surface area contributed by atoms with Crippen molar-refractivity contribution in [2.75, 3.05) is 20.3 Å². The first-order valence-corrected chi connectivity index (χ1v) is 8.92. The van der Waals surface area contributed by atoms with E-state index in [9.17, 15) is 15.3 Å². The fourth-order valence-electron chi connectivity index (χ4n) is 2.79. The number of rotatable bonds is 12. The van der Waals surface area contributed by atoms with Crippen LogP contribution in [0.1, 0.15) is 58.3 Å². The number of aliphatic hydroxyl groups excluding tert-OH is 3. The number of unbranched alkanes of at least 4 members (excludes halogenated alkanes) is 7. The molecule has 6 nitrogen and oxygen atoms in total. The second kappa shape index (κ2) is 12.2. The standard InChI is InChI=1S/C17H34O6/c1-3-4-5-6-7-8-9-10-11-22-12-13-14(18)15(19)16(20)17(21-2)23-13/h13-20H,3-12H2,1-2H3/t13?,14-,15+,16?,17+/m1/s1. The van der Waals surface area contributed by atoms with Gasteiger partial charge in [-0.1, -0.05) is 51.9 Å². The van der Waals surface area contributed by atoms with Crippen LogP contribution < -0.4 is 0 Å². The minimum absolute atomic E-state index is 0.182. The lowest BCUT2D eigenvalue weighted by atomic mass is 9.99. The molecule has 138 valence electrons. The lowest BCUT2D eigenvalue weighted by molar-refractivity contribution is -0.296. The van der Waals surface area contributed by atoms with Gasteiger partial charge in [-0.3, -0.25) is 0 Å². The van der Waals surface area contributed by atoms with Gasteiger partial charge in [-0.05, 0) is 6.42 Å². The van der Waals surface area contributed by atoms with Gasteiger partial charge in [-0.25, -0.2) is 0 Å². The van der Waals surface area contributed by atoms with Crippen LogP contribution in [0.3, 0.4) is 0 Å². The molecule has 6 heteroatoms. The molecule has 0 bridgehead atoms. The van der Waals surface area contributed by atoms with Gasteiger partial charge in [0.05, 0.1) is 6.61 Å². The lowest BCUT2D eigenvalue weighted by Crippen LogP contribution is -2.59. The summed E-state index contributed by atoms with van der Waals surface area (Å²) in [7, 11) is 1.39. The van der Waals surface area contributed by atoms with Crippen molar-refractivity contribution >= 4 is 0 Å². The van der Waals surface area contributed by atoms with E-state index in [1.54, 1.807) is 0 Å². The smallest absolute Gasteiger partial charge is 0.186 e. The molecule has 1 aliphatic rings. The Balaban J connectivity index is 2.06. The van der Waals surface area contributed by atoms with E-state index in [0.29, 0.717) is 6.61 Å². The van der Waals surface area contributed by atoms with E-state index < -0.39 is 30.7 Å². The summed E-state index contributed by atoms with van der Waals surface area (Å²) in [5.41, 5.74) is 0. The summed E-state index contributed by atoms with van der Waals surface area (Å²) >= 11 is 0. The molecule has 1 aliphatic heterocycles. The van der Waals surface area contributed by atoms with Crippen molar-refractivity contribution in [2.45, 2.75) is 89.0 Å². The maximum absolute atomic E-state index is 9.89. The molecule has 1 fully saturated rings. The van der Waals surface area contributed by atoms with Crippen LogP contribution in [0.5, 0.6) is 0 Å². The largest absolute Gasteiger partial charge is 0.387 e. The highest BCUT2D eigenvalue weighted by atomic mass is 16.7. The van der Waals surface area contributed by atoms with Crippen molar-refractivity contribution in [3.63, 3.8) is 0 Å². The first-order chi connectivity index (χ1) is 11.1. The molecule has 1 heterocycles. The van der Waals surface area contributed by atoms with Gasteiger partial charge in [-0.15, -0.1) is 0 Å². The molecule has 0 aromatic carbocycles. The Labute approximate surface area is 139 Å². The monoisotopic (exact) mass is 334 g/mol. The van der Waals surface area contributed by atoms with Crippen molar-refractivity contribution in [1.82, 2.24) is 0 Å². The zero-order chi connectivity index (χ0) is 17.1. The van der Waals surface area contributed by atoms with E-state index in [1.807, 2.05) is 0 Å². The molecule has 0 amide bonds. The summed E-state index contributed by atoms with van der Waals surface area (Å²) in [5, 5.41) is 29.3. The van der Waals surface area contributed by atoms with Gasteiger partial charge in [0.2, 0.25) is 0 Å². The van der Waals surface area contributed by atoms with E-state index in [1.165, 1.54) is 45.6 Å². The maximum atomic E-state index is 9.89. The minimum Gasteiger partial charge on any atom is -0.387 e. The molecule has 0 spiro atoms. The highest BCUT2D eigenvalue weighted by molar-refractivity contribution is 4.88. The fourth-order valence-corrected chi connectivity index (χ4v) is 2.79. The normalized spacial score (nSPS) is 31.4. The molecular formula is C17H34O6. The minimum atomic E-state index is -1.29. The highest BCUT2D eigenvalue weighted by Gasteiger charge is 2.43. The first-order valence-electron chi connectivity index (χ1n) is 8.92. The van der Waals surface area contributed by atoms with Crippen molar-refractivity contribution in [3.8, 4) is 0 Å². The second-order valence-corrected chi connectivity index (χ2v) is 6.30. The van der Waals surface area contributed by atoms with E-state index in [-0.39, 0.29) is 6.61 Å². The Kier molecular flexibility index (Phi) is 11.0. The summed E-state index contributed by atoms with van der Waals surface area (Å²) < 4.78 is 15.9. The predicted molar refractivity (Wildman–Crippen MR) is 87.1 cm³/mol. The Morgan fingerprint density at radius 3 is 2.04 bits per heavy atom. The number of aliphatic hydroxyl groups is 3. The third-order valence-corrected chi connectivity index (χ3v) is 4.33. The summed E-state index contributed by atoms with van der Waals surface area (Å²) in [6, 6.07) is 0. The highest BCUT2D eigenvalue weighted by Crippen LogP contribution is 2.22. The van der Waals surface area contributed by atoms with E-state index >= 15 is 0 Å². The molecule has 3 N–H and O–H groups in total. The predicted octanol–water partition coefficient (Wildman–Crippen LogP) is 1.60. The molecule has 0 aliphatic carbocycles. The van der Waals surface area contributed by atoms with Gasteiger partial charge in [0.25, 0.3) is 0 Å². The topological polar surface area (TPSA) is 88.4 Å². The number of hydrogen-bond acceptors (Lipinski definition) is 6. The summed E-state index contributed by atoms with van der Waals surface area (Å²) in [6.07, 6.45) is 4.55. The molecule has 2 unspecified atom stereocenters. The van der Waals surface area contributed by atoms with Crippen LogP contribution in [-0.2, 0) is 14.2 Å². The average molecular weight is 334 g/mol. The van der Waals surface area contributed by atoms with Crippen LogP contribution in [0.15, 0.2) is 0 Å². The number of hydrogen-bond donors (Lipinski definition) is 3. The molecule has 1 saturated heterocycles. The molecule has 23 heavy (non-hydrogen) atoms. The van der Waals surface area contributed by atoms with Crippen LogP contribution in [0.25, 0.3) is 0 Å². The van der Waals surface area contributed by atoms with Crippen molar-refractivity contribution < 1.29 is 29.5 Å². The summed E-state index contributed by atoms with van der Waals surface area (Å²) in [4.78, 5) is 0. The SMILES string of the molecule is CCCCCCCCCCOCC1O[C@H](OC)C(O)[C@@H](O)[C@@H]1O. The average Bonchev–Trinajstić information content (AvgIpc) is 2.56. The third-order valence-electron chi connectivity index (χ3n) is 4.33. The van der Waals surface area contributed by atoms with Crippen LogP contribution >= 0.6 is 0 Å². The van der Waals surface area contributed by atoms with Gasteiger partial charge < -0.3 is 29.5 Å². The Morgan fingerprint density at radius 1 is 0.826 bits per heavy atom. The molecule has 0 radical (unpaired) electrons. The molecule has 0 saturated carbocycles. The van der Waals surface area contributed by atoms with E-state index in [2.05, 4.69) is 6.92 Å². The molecule has 0 aromatic heterocycles. The molecule has 5 atom stereocenters. The molecule has 1 rings (SSSR count). The zero-order valence-corrected chi connectivity index (χ0v) is 14.5. The maximum Gasteiger partial charge on any atom is 0.186 e. The van der Waals surface area contributed by atoms with Gasteiger partial charge in [0.15, 0.2) is 6.29 Å². The second-order valence-electron chi connectivity index (χ2n) is 6.30. The molecular weight excluding hydrogens is 300 g/mol. The lowest BCUT2D eigenvalue weighted by Gasteiger charge is -2.39. The third kappa shape index (κ3) is 7.45. The quantitative estimate of drug-likeness (QED) is 0.470. The van der Waals surface area contributed by atoms with Gasteiger partial charge in [-0.2, -0.15) is 0 Å².